The molecule has 2 aromatic carbocycles. The highest BCUT2D eigenvalue weighted by Gasteiger charge is 2.35. The van der Waals surface area contributed by atoms with Gasteiger partial charge in [-0.25, -0.2) is 0 Å². The van der Waals surface area contributed by atoms with Crippen LogP contribution < -0.4 is 10.6 Å². The number of carbonyl (C=O) groups excluding carboxylic acids is 2. The zero-order valence-electron chi connectivity index (χ0n) is 15.2. The van der Waals surface area contributed by atoms with Crippen LogP contribution in [0.3, 0.4) is 0 Å². The number of anilines is 1. The van der Waals surface area contributed by atoms with Gasteiger partial charge in [0, 0.05) is 31.2 Å². The molecule has 0 unspecified atom stereocenters. The number of nitrogens with one attached hydrogen (secondary N) is 2. The number of benzene rings is 2. The first-order valence-corrected chi connectivity index (χ1v) is 8.98. The van der Waals surface area contributed by atoms with E-state index in [0.717, 1.165) is 18.4 Å². The van der Waals surface area contributed by atoms with E-state index in [-0.39, 0.29) is 23.3 Å². The fourth-order valence-electron chi connectivity index (χ4n) is 3.37. The van der Waals surface area contributed by atoms with E-state index in [4.69, 9.17) is 4.74 Å². The van der Waals surface area contributed by atoms with E-state index in [1.807, 2.05) is 30.3 Å². The van der Waals surface area contributed by atoms with Crippen molar-refractivity contribution in [1.29, 1.82) is 0 Å². The van der Waals surface area contributed by atoms with Gasteiger partial charge in [-0.05, 0) is 24.5 Å². The lowest BCUT2D eigenvalue weighted by atomic mass is 9.74. The van der Waals surface area contributed by atoms with Gasteiger partial charge < -0.3 is 15.4 Å². The number of para-hydroxylation sites is 2. The molecule has 2 N–H and O–H groups in total. The first-order valence-electron chi connectivity index (χ1n) is 8.98. The average Bonchev–Trinajstić information content (AvgIpc) is 2.73. The van der Waals surface area contributed by atoms with Gasteiger partial charge in [-0.3, -0.25) is 19.7 Å². The molecule has 0 aliphatic carbocycles. The van der Waals surface area contributed by atoms with Crippen molar-refractivity contribution in [2.24, 2.45) is 0 Å². The molecule has 8 heteroatoms. The second-order valence-corrected chi connectivity index (χ2v) is 6.67. The van der Waals surface area contributed by atoms with Gasteiger partial charge in [0.2, 0.25) is 0 Å². The fourth-order valence-corrected chi connectivity index (χ4v) is 3.37. The van der Waals surface area contributed by atoms with Crippen LogP contribution in [0.5, 0.6) is 0 Å². The summed E-state index contributed by atoms with van der Waals surface area (Å²) in [6, 6.07) is 15.5. The van der Waals surface area contributed by atoms with Gasteiger partial charge in [-0.1, -0.05) is 42.5 Å². The molecule has 28 heavy (non-hydrogen) atoms. The van der Waals surface area contributed by atoms with Gasteiger partial charge in [0.15, 0.2) is 0 Å². The van der Waals surface area contributed by atoms with Crippen LogP contribution in [-0.4, -0.2) is 36.5 Å². The lowest BCUT2D eigenvalue weighted by Crippen LogP contribution is -2.47. The normalized spacial score (nSPS) is 15.4. The van der Waals surface area contributed by atoms with Crippen LogP contribution in [-0.2, 0) is 19.7 Å². The predicted octanol–water partition coefficient (Wildman–Crippen LogP) is 2.40. The minimum atomic E-state index is -0.940. The molecule has 146 valence electrons. The van der Waals surface area contributed by atoms with E-state index < -0.39 is 16.7 Å². The summed E-state index contributed by atoms with van der Waals surface area (Å²) < 4.78 is 5.46. The summed E-state index contributed by atoms with van der Waals surface area (Å²) in [6.45, 7) is 1.43. The topological polar surface area (TPSA) is 111 Å². The van der Waals surface area contributed by atoms with Gasteiger partial charge in [0.25, 0.3) is 5.69 Å². The third kappa shape index (κ3) is 4.34. The third-order valence-electron chi connectivity index (χ3n) is 4.98. The van der Waals surface area contributed by atoms with Crippen molar-refractivity contribution in [3.8, 4) is 0 Å². The summed E-state index contributed by atoms with van der Waals surface area (Å²) in [5.41, 5.74) is 0.483. The standard InChI is InChI=1S/C20H21N3O5/c24-18(19(25)22-16-8-4-5-9-17(16)23(26)27)21-14-20(10-12-28-13-11-20)15-6-2-1-3-7-15/h1-9H,10-14H2,(H,21,24)(H,22,25). The number of amides is 2. The summed E-state index contributed by atoms with van der Waals surface area (Å²) >= 11 is 0. The summed E-state index contributed by atoms with van der Waals surface area (Å²) in [4.78, 5) is 35.0. The Bertz CT molecular complexity index is 863. The van der Waals surface area contributed by atoms with Gasteiger partial charge >= 0.3 is 11.8 Å². The molecule has 8 nitrogen and oxygen atoms in total. The van der Waals surface area contributed by atoms with Gasteiger partial charge in [-0.2, -0.15) is 0 Å². The van der Waals surface area contributed by atoms with Crippen LogP contribution in [0.15, 0.2) is 54.6 Å². The number of rotatable bonds is 5. The number of hydrogen-bond donors (Lipinski definition) is 2. The lowest BCUT2D eigenvalue weighted by Gasteiger charge is -2.37. The summed E-state index contributed by atoms with van der Waals surface area (Å²) in [7, 11) is 0. The van der Waals surface area contributed by atoms with Crippen molar-refractivity contribution < 1.29 is 19.2 Å². The Morgan fingerprint density at radius 3 is 2.32 bits per heavy atom. The maximum Gasteiger partial charge on any atom is 0.313 e. The van der Waals surface area contributed by atoms with E-state index >= 15 is 0 Å². The van der Waals surface area contributed by atoms with Crippen molar-refractivity contribution in [2.45, 2.75) is 18.3 Å². The zero-order chi connectivity index (χ0) is 20.0. The predicted molar refractivity (Wildman–Crippen MR) is 103 cm³/mol. The van der Waals surface area contributed by atoms with E-state index in [1.165, 1.54) is 18.2 Å². The van der Waals surface area contributed by atoms with Crippen molar-refractivity contribution in [3.05, 3.63) is 70.3 Å². The molecule has 0 atom stereocenters. The summed E-state index contributed by atoms with van der Waals surface area (Å²) in [5, 5.41) is 16.0. The monoisotopic (exact) mass is 383 g/mol. The molecule has 2 amide bonds. The van der Waals surface area contributed by atoms with Crippen LogP contribution >= 0.6 is 0 Å². The first-order chi connectivity index (χ1) is 13.5. The SMILES string of the molecule is O=C(NCC1(c2ccccc2)CCOCC1)C(=O)Nc1ccccc1[N+](=O)[O-]. The largest absolute Gasteiger partial charge is 0.381 e. The van der Waals surface area contributed by atoms with Crippen molar-refractivity contribution >= 4 is 23.2 Å². The van der Waals surface area contributed by atoms with Crippen LogP contribution in [0.1, 0.15) is 18.4 Å². The molecular formula is C20H21N3O5. The molecule has 3 rings (SSSR count). The lowest BCUT2D eigenvalue weighted by molar-refractivity contribution is -0.383. The van der Waals surface area contributed by atoms with Crippen LogP contribution in [0.4, 0.5) is 11.4 Å². The smallest absolute Gasteiger partial charge is 0.313 e. The van der Waals surface area contributed by atoms with Crippen molar-refractivity contribution in [2.75, 3.05) is 25.1 Å². The molecule has 0 spiro atoms. The van der Waals surface area contributed by atoms with Crippen molar-refractivity contribution in [1.82, 2.24) is 5.32 Å². The Morgan fingerprint density at radius 2 is 1.64 bits per heavy atom. The maximum absolute atomic E-state index is 12.3. The maximum atomic E-state index is 12.3. The van der Waals surface area contributed by atoms with Gasteiger partial charge in [0.1, 0.15) is 5.69 Å². The number of hydrogen-bond acceptors (Lipinski definition) is 5. The van der Waals surface area contributed by atoms with Crippen LogP contribution in [0, 0.1) is 10.1 Å². The highest BCUT2D eigenvalue weighted by atomic mass is 16.6. The first kappa shape index (κ1) is 19.5. The highest BCUT2D eigenvalue weighted by Crippen LogP contribution is 2.34. The average molecular weight is 383 g/mol. The molecular weight excluding hydrogens is 362 g/mol. The summed E-state index contributed by atoms with van der Waals surface area (Å²) in [6.07, 6.45) is 1.45. The van der Waals surface area contributed by atoms with E-state index in [2.05, 4.69) is 10.6 Å². The Kier molecular flexibility index (Phi) is 6.00. The minimum Gasteiger partial charge on any atom is -0.381 e. The van der Waals surface area contributed by atoms with Crippen LogP contribution in [0.25, 0.3) is 0 Å². The Balaban J connectivity index is 1.68. The molecule has 1 fully saturated rings. The van der Waals surface area contributed by atoms with E-state index in [1.54, 1.807) is 6.07 Å². The quantitative estimate of drug-likeness (QED) is 0.468. The van der Waals surface area contributed by atoms with Gasteiger partial charge in [0.05, 0.1) is 4.92 Å². The second kappa shape index (κ2) is 8.62. The van der Waals surface area contributed by atoms with Gasteiger partial charge in [-0.15, -0.1) is 0 Å². The molecule has 1 aliphatic heterocycles. The molecule has 0 aromatic heterocycles. The highest BCUT2D eigenvalue weighted by molar-refractivity contribution is 6.39. The number of nitro benzene ring substituents is 1. The molecule has 2 aromatic rings. The molecule has 1 heterocycles. The molecule has 1 saturated heterocycles. The fraction of sp³-hybridized carbons (Fsp3) is 0.300. The molecule has 0 radical (unpaired) electrons. The second-order valence-electron chi connectivity index (χ2n) is 6.67. The minimum absolute atomic E-state index is 0.0171. The molecule has 0 bridgehead atoms. The van der Waals surface area contributed by atoms with E-state index in [0.29, 0.717) is 13.2 Å². The Morgan fingerprint density at radius 1 is 1.00 bits per heavy atom. The van der Waals surface area contributed by atoms with Crippen molar-refractivity contribution in [3.63, 3.8) is 0 Å². The molecule has 1 aliphatic rings. The number of nitro groups is 1. The number of ether oxygens (including phenoxy) is 1. The zero-order valence-corrected chi connectivity index (χ0v) is 15.2. The van der Waals surface area contributed by atoms with E-state index in [9.17, 15) is 19.7 Å². The number of nitrogens with zero attached hydrogens (tertiary/aromatic N) is 1. The third-order valence-corrected chi connectivity index (χ3v) is 4.98. The Labute approximate surface area is 162 Å². The van der Waals surface area contributed by atoms with Crippen LogP contribution in [0.2, 0.25) is 0 Å². The summed E-state index contributed by atoms with van der Waals surface area (Å²) in [5.74, 6) is -1.77. The number of carbonyl (C=O) groups is 2. The Hall–Kier alpha value is -3.26. The molecule has 0 saturated carbocycles.